The number of ether oxygens (including phenoxy) is 2. The lowest BCUT2D eigenvalue weighted by atomic mass is 10.1. The quantitative estimate of drug-likeness (QED) is 0.286. The second kappa shape index (κ2) is 13.7. The Bertz CT molecular complexity index is 569. The van der Waals surface area contributed by atoms with E-state index in [0.29, 0.717) is 50.2 Å². The third-order valence-electron chi connectivity index (χ3n) is 3.32. The first-order valence-corrected chi connectivity index (χ1v) is 8.87. The average Bonchev–Trinajstić information content (AvgIpc) is 2.56. The maximum absolute atomic E-state index is 12.2. The molecule has 0 aliphatic heterocycles. The van der Waals surface area contributed by atoms with Crippen LogP contribution in [0.2, 0.25) is 0 Å². The molecule has 0 atom stereocenters. The maximum atomic E-state index is 12.2. The van der Waals surface area contributed by atoms with Gasteiger partial charge >= 0.3 is 6.18 Å². The zero-order chi connectivity index (χ0) is 19.4. The highest BCUT2D eigenvalue weighted by atomic mass is 127. The molecule has 2 N–H and O–H groups in total. The summed E-state index contributed by atoms with van der Waals surface area (Å²) in [5, 5.41) is 5.99. The van der Waals surface area contributed by atoms with Crippen molar-refractivity contribution in [3.63, 3.8) is 0 Å². The van der Waals surface area contributed by atoms with E-state index in [1.54, 1.807) is 0 Å². The van der Waals surface area contributed by atoms with Crippen LogP contribution in [0.4, 0.5) is 13.2 Å². The molecule has 0 aliphatic rings. The van der Waals surface area contributed by atoms with E-state index >= 15 is 0 Å². The molecule has 9 heteroatoms. The van der Waals surface area contributed by atoms with Crippen molar-refractivity contribution in [2.75, 3.05) is 32.8 Å². The fraction of sp³-hybridized carbons (Fsp3) is 0.611. The van der Waals surface area contributed by atoms with Crippen LogP contribution in [0.5, 0.6) is 11.5 Å². The summed E-state index contributed by atoms with van der Waals surface area (Å²) in [7, 11) is 0. The molecule has 0 aromatic heterocycles. The van der Waals surface area contributed by atoms with Gasteiger partial charge in [-0.25, -0.2) is 0 Å². The number of halogens is 4. The van der Waals surface area contributed by atoms with Gasteiger partial charge in [-0.05, 0) is 44.9 Å². The highest BCUT2D eigenvalue weighted by Crippen LogP contribution is 2.28. The van der Waals surface area contributed by atoms with Crippen LogP contribution in [0.3, 0.4) is 0 Å². The Hall–Kier alpha value is -1.39. The Morgan fingerprint density at radius 3 is 2.30 bits per heavy atom. The van der Waals surface area contributed by atoms with Crippen LogP contribution in [0, 0.1) is 0 Å². The normalized spacial score (nSPS) is 11.6. The predicted molar refractivity (Wildman–Crippen MR) is 113 cm³/mol. The summed E-state index contributed by atoms with van der Waals surface area (Å²) in [6.07, 6.45) is -4.45. The van der Waals surface area contributed by atoms with E-state index in [0.717, 1.165) is 5.56 Å². The van der Waals surface area contributed by atoms with Gasteiger partial charge in [0, 0.05) is 13.1 Å². The van der Waals surface area contributed by atoms with Crippen molar-refractivity contribution in [1.29, 1.82) is 0 Å². The fourth-order valence-corrected chi connectivity index (χ4v) is 2.21. The Balaban J connectivity index is 0.00000676. The summed E-state index contributed by atoms with van der Waals surface area (Å²) in [5.41, 5.74) is 1.04. The van der Waals surface area contributed by atoms with Gasteiger partial charge in [-0.3, -0.25) is 4.99 Å². The highest BCUT2D eigenvalue weighted by molar-refractivity contribution is 14.0. The predicted octanol–water partition coefficient (Wildman–Crippen LogP) is 4.15. The van der Waals surface area contributed by atoms with E-state index in [-0.39, 0.29) is 30.5 Å². The molecule has 0 saturated carbocycles. The van der Waals surface area contributed by atoms with Crippen molar-refractivity contribution < 1.29 is 22.6 Å². The molecule has 1 aromatic rings. The van der Waals surface area contributed by atoms with Crippen molar-refractivity contribution in [3.05, 3.63) is 23.8 Å². The Labute approximate surface area is 176 Å². The molecule has 1 aromatic carbocycles. The van der Waals surface area contributed by atoms with Crippen molar-refractivity contribution in [2.24, 2.45) is 4.99 Å². The molecule has 0 spiro atoms. The van der Waals surface area contributed by atoms with E-state index in [1.807, 2.05) is 39.0 Å². The van der Waals surface area contributed by atoms with Gasteiger partial charge in [-0.2, -0.15) is 13.2 Å². The number of nitrogens with one attached hydrogen (secondary N) is 2. The summed E-state index contributed by atoms with van der Waals surface area (Å²) in [6.45, 7) is 7.60. The van der Waals surface area contributed by atoms with Crippen LogP contribution in [0.15, 0.2) is 23.2 Å². The summed E-state index contributed by atoms with van der Waals surface area (Å²) in [5.74, 6) is 1.78. The largest absolute Gasteiger partial charge is 0.490 e. The molecule has 0 aliphatic carbocycles. The van der Waals surface area contributed by atoms with E-state index < -0.39 is 12.6 Å². The van der Waals surface area contributed by atoms with Crippen LogP contribution in [-0.2, 0) is 6.42 Å². The summed E-state index contributed by atoms with van der Waals surface area (Å²) >= 11 is 0. The lowest BCUT2D eigenvalue weighted by molar-refractivity contribution is -0.132. The minimum Gasteiger partial charge on any atom is -0.490 e. The first-order valence-electron chi connectivity index (χ1n) is 8.87. The number of guanidine groups is 1. The molecule has 0 fully saturated rings. The zero-order valence-electron chi connectivity index (χ0n) is 16.0. The smallest absolute Gasteiger partial charge is 0.390 e. The lowest BCUT2D eigenvalue weighted by Gasteiger charge is -2.14. The van der Waals surface area contributed by atoms with Crippen LogP contribution >= 0.6 is 24.0 Å². The number of hydrogen-bond donors (Lipinski definition) is 2. The minimum atomic E-state index is -4.20. The molecular weight excluding hydrogens is 474 g/mol. The van der Waals surface area contributed by atoms with Crippen LogP contribution in [0.1, 0.15) is 32.8 Å². The number of aliphatic imine (C=N–C) groups is 1. The molecule has 0 saturated heterocycles. The monoisotopic (exact) mass is 503 g/mol. The lowest BCUT2D eigenvalue weighted by Crippen LogP contribution is -2.38. The Morgan fingerprint density at radius 1 is 1.04 bits per heavy atom. The molecule has 27 heavy (non-hydrogen) atoms. The molecule has 0 bridgehead atoms. The summed E-state index contributed by atoms with van der Waals surface area (Å²) in [6, 6.07) is 5.74. The van der Waals surface area contributed by atoms with Gasteiger partial charge in [-0.1, -0.05) is 6.07 Å². The van der Waals surface area contributed by atoms with E-state index in [1.165, 1.54) is 0 Å². The van der Waals surface area contributed by atoms with E-state index in [4.69, 9.17) is 9.47 Å². The fourth-order valence-electron chi connectivity index (χ4n) is 2.21. The van der Waals surface area contributed by atoms with Gasteiger partial charge < -0.3 is 20.1 Å². The van der Waals surface area contributed by atoms with Gasteiger partial charge in [0.1, 0.15) is 0 Å². The SMILES string of the molecule is CCNC(=NCCC(F)(F)F)NCCc1ccc(OCC)c(OCC)c1.I. The van der Waals surface area contributed by atoms with E-state index in [9.17, 15) is 13.2 Å². The number of nitrogens with zero attached hydrogens (tertiary/aromatic N) is 1. The van der Waals surface area contributed by atoms with E-state index in [2.05, 4.69) is 15.6 Å². The van der Waals surface area contributed by atoms with Gasteiger partial charge in [0.25, 0.3) is 0 Å². The van der Waals surface area contributed by atoms with Gasteiger partial charge in [0.05, 0.1) is 26.2 Å². The third-order valence-corrected chi connectivity index (χ3v) is 3.32. The third kappa shape index (κ3) is 11.1. The van der Waals surface area contributed by atoms with Crippen LogP contribution in [-0.4, -0.2) is 45.0 Å². The van der Waals surface area contributed by atoms with Crippen LogP contribution < -0.4 is 20.1 Å². The Kier molecular flexibility index (Phi) is 13.0. The standard InChI is InChI=1S/C18H28F3N3O2.HI/c1-4-22-17(24-12-10-18(19,20)21)23-11-9-14-7-8-15(25-5-2)16(13-14)26-6-3;/h7-8,13H,4-6,9-12H2,1-3H3,(H2,22,23,24);1H. The Morgan fingerprint density at radius 2 is 1.70 bits per heavy atom. The average molecular weight is 503 g/mol. The van der Waals surface area contributed by atoms with Crippen molar-refractivity contribution in [2.45, 2.75) is 39.8 Å². The first-order chi connectivity index (χ1) is 12.4. The van der Waals surface area contributed by atoms with Crippen molar-refractivity contribution in [1.82, 2.24) is 10.6 Å². The van der Waals surface area contributed by atoms with Crippen LogP contribution in [0.25, 0.3) is 0 Å². The minimum absolute atomic E-state index is 0. The first kappa shape index (κ1) is 25.6. The maximum Gasteiger partial charge on any atom is 0.390 e. The number of hydrogen-bond acceptors (Lipinski definition) is 3. The molecule has 0 unspecified atom stereocenters. The molecule has 5 nitrogen and oxygen atoms in total. The highest BCUT2D eigenvalue weighted by Gasteiger charge is 2.26. The number of alkyl halides is 3. The van der Waals surface area contributed by atoms with Gasteiger partial charge in [0.2, 0.25) is 0 Å². The van der Waals surface area contributed by atoms with Crippen molar-refractivity contribution >= 4 is 29.9 Å². The second-order valence-electron chi connectivity index (χ2n) is 5.45. The molecule has 0 radical (unpaired) electrons. The molecule has 0 heterocycles. The molecule has 0 amide bonds. The topological polar surface area (TPSA) is 54.9 Å². The molecular formula is C18H29F3IN3O2. The zero-order valence-corrected chi connectivity index (χ0v) is 18.3. The van der Waals surface area contributed by atoms with Gasteiger partial charge in [0.15, 0.2) is 17.5 Å². The molecule has 1 rings (SSSR count). The summed E-state index contributed by atoms with van der Waals surface area (Å²) < 4.78 is 47.8. The second-order valence-corrected chi connectivity index (χ2v) is 5.45. The summed E-state index contributed by atoms with van der Waals surface area (Å²) in [4.78, 5) is 3.95. The van der Waals surface area contributed by atoms with Crippen molar-refractivity contribution in [3.8, 4) is 11.5 Å². The number of benzene rings is 1. The molecule has 156 valence electrons. The number of rotatable bonds is 10. The van der Waals surface area contributed by atoms with Gasteiger partial charge in [-0.15, -0.1) is 24.0 Å².